The molecule has 1 aromatic heterocycles. The molecule has 1 saturated carbocycles. The van der Waals surface area contributed by atoms with Gasteiger partial charge < -0.3 is 9.80 Å². The number of aromatic nitrogens is 2. The van der Waals surface area contributed by atoms with Crippen molar-refractivity contribution in [1.29, 1.82) is 0 Å². The van der Waals surface area contributed by atoms with Gasteiger partial charge in [-0.05, 0) is 19.8 Å². The van der Waals surface area contributed by atoms with Crippen LogP contribution >= 0.6 is 11.3 Å². The van der Waals surface area contributed by atoms with Crippen molar-refractivity contribution in [3.8, 4) is 10.6 Å². The molecule has 1 aliphatic heterocycles. The first-order valence-corrected chi connectivity index (χ1v) is 10.4. The summed E-state index contributed by atoms with van der Waals surface area (Å²) in [7, 11) is 0. The Bertz CT molecular complexity index is 816. The van der Waals surface area contributed by atoms with Crippen LogP contribution in [0.25, 0.3) is 10.6 Å². The highest BCUT2D eigenvalue weighted by Gasteiger charge is 2.38. The average molecular weight is 385 g/mol. The number of piperazine rings is 1. The largest absolute Gasteiger partial charge is 0.330 e. The molecule has 4 rings (SSSR count). The van der Waals surface area contributed by atoms with Gasteiger partial charge in [0.15, 0.2) is 0 Å². The van der Waals surface area contributed by atoms with E-state index in [0.717, 1.165) is 41.3 Å². The van der Waals surface area contributed by atoms with Crippen LogP contribution < -0.4 is 0 Å². The zero-order chi connectivity index (χ0) is 18.8. The number of amides is 2. The first-order chi connectivity index (χ1) is 13.1. The summed E-state index contributed by atoms with van der Waals surface area (Å²) in [6, 6.07) is 10.2. The fourth-order valence-electron chi connectivity index (χ4n) is 4.05. The van der Waals surface area contributed by atoms with Crippen LogP contribution in [-0.4, -0.2) is 57.0 Å². The molecule has 2 amide bonds. The number of carbonyl (C=O) groups excluding carboxylic acids is 2. The molecule has 142 valence electrons. The number of benzene rings is 1. The SMILES string of the molecule is CC(Cc1nnc(-c2ccccc2)s1)N1CCN(C2CCCC2)C(=O)C1=O. The number of hydrogen-bond acceptors (Lipinski definition) is 5. The number of nitrogens with zero attached hydrogens (tertiary/aromatic N) is 4. The average Bonchev–Trinajstić information content (AvgIpc) is 3.37. The molecule has 0 N–H and O–H groups in total. The summed E-state index contributed by atoms with van der Waals surface area (Å²) >= 11 is 1.55. The van der Waals surface area contributed by atoms with Gasteiger partial charge in [0.25, 0.3) is 0 Å². The first kappa shape index (κ1) is 18.1. The van der Waals surface area contributed by atoms with Crippen LogP contribution in [0.2, 0.25) is 0 Å². The monoisotopic (exact) mass is 384 g/mol. The summed E-state index contributed by atoms with van der Waals surface area (Å²) in [5.41, 5.74) is 1.05. The molecule has 1 unspecified atom stereocenters. The lowest BCUT2D eigenvalue weighted by Gasteiger charge is -2.39. The molecule has 1 atom stereocenters. The highest BCUT2D eigenvalue weighted by Crippen LogP contribution is 2.27. The third kappa shape index (κ3) is 3.74. The van der Waals surface area contributed by atoms with E-state index in [1.807, 2.05) is 37.3 Å². The Morgan fingerprint density at radius 1 is 1.07 bits per heavy atom. The van der Waals surface area contributed by atoms with E-state index in [1.54, 1.807) is 21.1 Å². The van der Waals surface area contributed by atoms with Crippen LogP contribution in [0, 0.1) is 0 Å². The molecule has 2 fully saturated rings. The second kappa shape index (κ2) is 7.76. The van der Waals surface area contributed by atoms with Crippen molar-refractivity contribution < 1.29 is 9.59 Å². The van der Waals surface area contributed by atoms with Gasteiger partial charge in [0, 0.05) is 37.2 Å². The van der Waals surface area contributed by atoms with Crippen LogP contribution in [0.15, 0.2) is 30.3 Å². The van der Waals surface area contributed by atoms with Crippen LogP contribution in [-0.2, 0) is 16.0 Å². The topological polar surface area (TPSA) is 66.4 Å². The summed E-state index contributed by atoms with van der Waals surface area (Å²) in [6.45, 7) is 3.23. The van der Waals surface area contributed by atoms with E-state index in [4.69, 9.17) is 0 Å². The lowest BCUT2D eigenvalue weighted by Crippen LogP contribution is -2.59. The predicted molar refractivity (Wildman–Crippen MR) is 104 cm³/mol. The van der Waals surface area contributed by atoms with Gasteiger partial charge in [0.2, 0.25) is 0 Å². The lowest BCUT2D eigenvalue weighted by atomic mass is 10.1. The van der Waals surface area contributed by atoms with E-state index in [1.165, 1.54) is 0 Å². The maximum atomic E-state index is 12.7. The summed E-state index contributed by atoms with van der Waals surface area (Å²) in [6.07, 6.45) is 4.99. The summed E-state index contributed by atoms with van der Waals surface area (Å²) < 4.78 is 0. The van der Waals surface area contributed by atoms with Crippen molar-refractivity contribution >= 4 is 23.2 Å². The molecular weight excluding hydrogens is 360 g/mol. The lowest BCUT2D eigenvalue weighted by molar-refractivity contribution is -0.159. The van der Waals surface area contributed by atoms with Crippen molar-refractivity contribution in [3.05, 3.63) is 35.3 Å². The maximum absolute atomic E-state index is 12.7. The molecule has 1 saturated heterocycles. The molecular formula is C20H24N4O2S. The Kier molecular flexibility index (Phi) is 5.20. The Labute approximate surface area is 163 Å². The highest BCUT2D eigenvalue weighted by atomic mass is 32.1. The summed E-state index contributed by atoms with van der Waals surface area (Å²) in [5.74, 6) is -0.698. The fourth-order valence-corrected chi connectivity index (χ4v) is 5.01. The zero-order valence-corrected chi connectivity index (χ0v) is 16.3. The van der Waals surface area contributed by atoms with Gasteiger partial charge in [-0.15, -0.1) is 10.2 Å². The van der Waals surface area contributed by atoms with Crippen molar-refractivity contribution in [2.24, 2.45) is 0 Å². The van der Waals surface area contributed by atoms with E-state index < -0.39 is 0 Å². The molecule has 2 aromatic rings. The third-order valence-corrected chi connectivity index (χ3v) is 6.54. The predicted octanol–water partition coefficient (Wildman–Crippen LogP) is 2.75. The minimum absolute atomic E-state index is 0.0660. The van der Waals surface area contributed by atoms with E-state index >= 15 is 0 Å². The van der Waals surface area contributed by atoms with Gasteiger partial charge in [-0.1, -0.05) is 54.5 Å². The van der Waals surface area contributed by atoms with Gasteiger partial charge in [-0.25, -0.2) is 0 Å². The Morgan fingerprint density at radius 3 is 2.56 bits per heavy atom. The summed E-state index contributed by atoms with van der Waals surface area (Å²) in [4.78, 5) is 28.7. The summed E-state index contributed by atoms with van der Waals surface area (Å²) in [5, 5.41) is 10.3. The molecule has 1 aromatic carbocycles. The van der Waals surface area contributed by atoms with Crippen LogP contribution in [0.4, 0.5) is 0 Å². The van der Waals surface area contributed by atoms with Gasteiger partial charge in [0.05, 0.1) is 0 Å². The Hall–Kier alpha value is -2.28. The van der Waals surface area contributed by atoms with Gasteiger partial charge in [-0.3, -0.25) is 9.59 Å². The zero-order valence-electron chi connectivity index (χ0n) is 15.5. The maximum Gasteiger partial charge on any atom is 0.312 e. The van der Waals surface area contributed by atoms with Crippen LogP contribution in [0.1, 0.15) is 37.6 Å². The van der Waals surface area contributed by atoms with Crippen molar-refractivity contribution in [2.45, 2.75) is 51.1 Å². The van der Waals surface area contributed by atoms with Crippen molar-refractivity contribution in [1.82, 2.24) is 20.0 Å². The fraction of sp³-hybridized carbons (Fsp3) is 0.500. The number of hydrogen-bond donors (Lipinski definition) is 0. The second-order valence-electron chi connectivity index (χ2n) is 7.36. The van der Waals surface area contributed by atoms with Crippen molar-refractivity contribution in [3.63, 3.8) is 0 Å². The normalized spacial score (nSPS) is 19.7. The standard InChI is InChI=1S/C20H24N4O2S/c1-14(13-17-21-22-18(27-17)15-7-3-2-4-8-15)23-11-12-24(20(26)19(23)25)16-9-5-6-10-16/h2-4,7-8,14,16H,5-6,9-13H2,1H3. The molecule has 2 heterocycles. The molecule has 6 nitrogen and oxygen atoms in total. The van der Waals surface area contributed by atoms with E-state index in [-0.39, 0.29) is 23.9 Å². The van der Waals surface area contributed by atoms with E-state index in [9.17, 15) is 9.59 Å². The highest BCUT2D eigenvalue weighted by molar-refractivity contribution is 7.14. The number of rotatable bonds is 5. The minimum Gasteiger partial charge on any atom is -0.330 e. The van der Waals surface area contributed by atoms with E-state index in [2.05, 4.69) is 10.2 Å². The minimum atomic E-state index is -0.367. The third-order valence-electron chi connectivity index (χ3n) is 5.54. The van der Waals surface area contributed by atoms with Gasteiger partial charge in [0.1, 0.15) is 10.0 Å². The quantitative estimate of drug-likeness (QED) is 0.744. The second-order valence-corrected chi connectivity index (χ2v) is 8.42. The molecule has 27 heavy (non-hydrogen) atoms. The smallest absolute Gasteiger partial charge is 0.312 e. The molecule has 1 aliphatic carbocycles. The van der Waals surface area contributed by atoms with Crippen LogP contribution in [0.3, 0.4) is 0 Å². The first-order valence-electron chi connectivity index (χ1n) is 9.63. The Morgan fingerprint density at radius 2 is 1.81 bits per heavy atom. The van der Waals surface area contributed by atoms with Gasteiger partial charge >= 0.3 is 11.8 Å². The molecule has 0 radical (unpaired) electrons. The van der Waals surface area contributed by atoms with E-state index in [0.29, 0.717) is 19.5 Å². The van der Waals surface area contributed by atoms with Crippen LogP contribution in [0.5, 0.6) is 0 Å². The molecule has 0 spiro atoms. The van der Waals surface area contributed by atoms with Crippen molar-refractivity contribution in [2.75, 3.05) is 13.1 Å². The molecule has 2 aliphatic rings. The number of carbonyl (C=O) groups is 2. The molecule has 7 heteroatoms. The Balaban J connectivity index is 1.40. The van der Waals surface area contributed by atoms with Gasteiger partial charge in [-0.2, -0.15) is 0 Å². The molecule has 0 bridgehead atoms.